The molecule has 0 aromatic carbocycles. The van der Waals surface area contributed by atoms with Gasteiger partial charge in [0.1, 0.15) is 5.76 Å². The molecule has 1 aliphatic rings. The third-order valence-corrected chi connectivity index (χ3v) is 5.09. The van der Waals surface area contributed by atoms with Crippen LogP contribution in [-0.2, 0) is 11.3 Å². The normalized spacial score (nSPS) is 22.4. The van der Waals surface area contributed by atoms with Crippen LogP contribution in [0.15, 0.2) is 22.8 Å². The number of rotatable bonds is 9. The average molecular weight is 322 g/mol. The largest absolute Gasteiger partial charge is 0.468 e. The van der Waals surface area contributed by atoms with Crippen LogP contribution < -0.4 is 5.32 Å². The van der Waals surface area contributed by atoms with E-state index in [4.69, 9.17) is 9.15 Å². The summed E-state index contributed by atoms with van der Waals surface area (Å²) in [7, 11) is 0. The molecular formula is C20H35NO2. The van der Waals surface area contributed by atoms with Crippen molar-refractivity contribution in [3.05, 3.63) is 24.2 Å². The first-order chi connectivity index (χ1) is 11.0. The first-order valence-corrected chi connectivity index (χ1v) is 9.33. The molecule has 0 spiro atoms. The molecule has 3 nitrogen and oxygen atoms in total. The quantitative estimate of drug-likeness (QED) is 0.649. The Bertz CT molecular complexity index is 425. The number of ether oxygens (including phenoxy) is 1. The Hall–Kier alpha value is -0.800. The zero-order chi connectivity index (χ0) is 16.7. The standard InChI is InChI=1S/C20H35NO2/c1-16(2)7-8-17(18-10-13-23-20(3,4)14-18)9-11-21-15-19-6-5-12-22-19/h5-6,12,16-18,21H,7-11,13-15H2,1-4H3. The van der Waals surface area contributed by atoms with Crippen molar-refractivity contribution in [1.29, 1.82) is 0 Å². The first kappa shape index (κ1) is 18.5. The predicted molar refractivity (Wildman–Crippen MR) is 95.3 cm³/mol. The third kappa shape index (κ3) is 6.68. The minimum atomic E-state index is 0.0561. The molecule has 1 saturated heterocycles. The topological polar surface area (TPSA) is 34.4 Å². The molecule has 0 saturated carbocycles. The van der Waals surface area contributed by atoms with Crippen molar-refractivity contribution < 1.29 is 9.15 Å². The number of hydrogen-bond donors (Lipinski definition) is 1. The van der Waals surface area contributed by atoms with Crippen LogP contribution in [-0.4, -0.2) is 18.8 Å². The van der Waals surface area contributed by atoms with E-state index in [1.807, 2.05) is 12.1 Å². The second-order valence-electron chi connectivity index (χ2n) is 8.14. The van der Waals surface area contributed by atoms with E-state index in [1.54, 1.807) is 6.26 Å². The molecule has 0 amide bonds. The van der Waals surface area contributed by atoms with Crippen LogP contribution in [0.25, 0.3) is 0 Å². The molecule has 0 aliphatic carbocycles. The Morgan fingerprint density at radius 1 is 1.26 bits per heavy atom. The molecule has 1 aromatic rings. The summed E-state index contributed by atoms with van der Waals surface area (Å²) >= 11 is 0. The lowest BCUT2D eigenvalue weighted by Crippen LogP contribution is -2.37. The molecule has 0 radical (unpaired) electrons. The van der Waals surface area contributed by atoms with Gasteiger partial charge in [-0.2, -0.15) is 0 Å². The smallest absolute Gasteiger partial charge is 0.117 e. The molecule has 1 aromatic heterocycles. The Balaban J connectivity index is 1.80. The number of hydrogen-bond acceptors (Lipinski definition) is 3. The molecule has 0 bridgehead atoms. The van der Waals surface area contributed by atoms with Gasteiger partial charge in [-0.3, -0.25) is 0 Å². The van der Waals surface area contributed by atoms with E-state index in [9.17, 15) is 0 Å². The highest BCUT2D eigenvalue weighted by atomic mass is 16.5. The molecule has 132 valence electrons. The van der Waals surface area contributed by atoms with Crippen LogP contribution in [0, 0.1) is 17.8 Å². The Kier molecular flexibility index (Phi) is 7.16. The van der Waals surface area contributed by atoms with Crippen LogP contribution in [0.5, 0.6) is 0 Å². The van der Waals surface area contributed by atoms with Crippen LogP contribution in [0.3, 0.4) is 0 Å². The molecule has 2 unspecified atom stereocenters. The van der Waals surface area contributed by atoms with Gasteiger partial charge in [0.05, 0.1) is 18.4 Å². The molecule has 1 fully saturated rings. The van der Waals surface area contributed by atoms with E-state index < -0.39 is 0 Å². The number of nitrogens with one attached hydrogen (secondary N) is 1. The van der Waals surface area contributed by atoms with E-state index in [0.717, 1.165) is 43.2 Å². The molecule has 1 aliphatic heterocycles. The zero-order valence-corrected chi connectivity index (χ0v) is 15.4. The van der Waals surface area contributed by atoms with Gasteiger partial charge >= 0.3 is 0 Å². The second kappa shape index (κ2) is 8.89. The van der Waals surface area contributed by atoms with Crippen LogP contribution in [0.4, 0.5) is 0 Å². The fraction of sp³-hybridized carbons (Fsp3) is 0.800. The van der Waals surface area contributed by atoms with Crippen LogP contribution in [0.1, 0.15) is 65.6 Å². The Morgan fingerprint density at radius 3 is 2.74 bits per heavy atom. The van der Waals surface area contributed by atoms with Gasteiger partial charge in [0.15, 0.2) is 0 Å². The van der Waals surface area contributed by atoms with E-state index in [0.29, 0.717) is 0 Å². The van der Waals surface area contributed by atoms with Crippen molar-refractivity contribution >= 4 is 0 Å². The van der Waals surface area contributed by atoms with Gasteiger partial charge in [-0.1, -0.05) is 20.3 Å². The van der Waals surface area contributed by atoms with E-state index in [-0.39, 0.29) is 5.60 Å². The number of furan rings is 1. The summed E-state index contributed by atoms with van der Waals surface area (Å²) in [6.07, 6.45) is 8.11. The lowest BCUT2D eigenvalue weighted by atomic mass is 9.75. The summed E-state index contributed by atoms with van der Waals surface area (Å²) in [6, 6.07) is 3.98. The van der Waals surface area contributed by atoms with Crippen molar-refractivity contribution in [2.24, 2.45) is 17.8 Å². The maximum absolute atomic E-state index is 5.92. The third-order valence-electron chi connectivity index (χ3n) is 5.09. The highest BCUT2D eigenvalue weighted by Gasteiger charge is 2.33. The summed E-state index contributed by atoms with van der Waals surface area (Å²) in [5.74, 6) is 3.44. The summed E-state index contributed by atoms with van der Waals surface area (Å²) in [6.45, 7) is 12.0. The van der Waals surface area contributed by atoms with Gasteiger partial charge in [0, 0.05) is 6.61 Å². The Labute approximate surface area is 142 Å². The molecular weight excluding hydrogens is 286 g/mol. The van der Waals surface area contributed by atoms with Gasteiger partial charge in [-0.05, 0) is 76.0 Å². The van der Waals surface area contributed by atoms with Crippen LogP contribution >= 0.6 is 0 Å². The summed E-state index contributed by atoms with van der Waals surface area (Å²) in [5, 5.41) is 3.54. The van der Waals surface area contributed by atoms with Gasteiger partial charge in [-0.25, -0.2) is 0 Å². The van der Waals surface area contributed by atoms with Crippen LogP contribution in [0.2, 0.25) is 0 Å². The van der Waals surface area contributed by atoms with Crippen molar-refractivity contribution in [3.8, 4) is 0 Å². The lowest BCUT2D eigenvalue weighted by Gasteiger charge is -2.39. The molecule has 1 N–H and O–H groups in total. The zero-order valence-electron chi connectivity index (χ0n) is 15.4. The fourth-order valence-corrected chi connectivity index (χ4v) is 3.76. The minimum Gasteiger partial charge on any atom is -0.468 e. The van der Waals surface area contributed by atoms with Crippen molar-refractivity contribution in [3.63, 3.8) is 0 Å². The molecule has 2 atom stereocenters. The molecule has 23 heavy (non-hydrogen) atoms. The monoisotopic (exact) mass is 321 g/mol. The molecule has 2 heterocycles. The van der Waals surface area contributed by atoms with E-state index in [2.05, 4.69) is 33.0 Å². The van der Waals surface area contributed by atoms with Gasteiger partial charge in [0.25, 0.3) is 0 Å². The molecule has 2 rings (SSSR count). The maximum atomic E-state index is 5.92. The highest BCUT2D eigenvalue weighted by molar-refractivity contribution is 4.97. The lowest BCUT2D eigenvalue weighted by molar-refractivity contribution is -0.0839. The molecule has 3 heteroatoms. The summed E-state index contributed by atoms with van der Waals surface area (Å²) in [5.41, 5.74) is 0.0561. The first-order valence-electron chi connectivity index (χ1n) is 9.33. The van der Waals surface area contributed by atoms with Gasteiger partial charge in [0.2, 0.25) is 0 Å². The van der Waals surface area contributed by atoms with Crippen molar-refractivity contribution in [2.45, 2.75) is 71.9 Å². The van der Waals surface area contributed by atoms with Crippen molar-refractivity contribution in [2.75, 3.05) is 13.2 Å². The second-order valence-corrected chi connectivity index (χ2v) is 8.14. The average Bonchev–Trinajstić information content (AvgIpc) is 2.98. The van der Waals surface area contributed by atoms with E-state index >= 15 is 0 Å². The van der Waals surface area contributed by atoms with Gasteiger partial charge in [-0.15, -0.1) is 0 Å². The summed E-state index contributed by atoms with van der Waals surface area (Å²) < 4.78 is 11.3. The summed E-state index contributed by atoms with van der Waals surface area (Å²) in [4.78, 5) is 0. The predicted octanol–water partition coefficient (Wildman–Crippen LogP) is 5.02. The maximum Gasteiger partial charge on any atom is 0.117 e. The highest BCUT2D eigenvalue weighted by Crippen LogP contribution is 2.37. The fourth-order valence-electron chi connectivity index (χ4n) is 3.76. The van der Waals surface area contributed by atoms with E-state index in [1.165, 1.54) is 32.1 Å². The minimum absolute atomic E-state index is 0.0561. The SMILES string of the molecule is CC(C)CCC(CCNCc1ccco1)C1CCOC(C)(C)C1. The van der Waals surface area contributed by atoms with Crippen molar-refractivity contribution in [1.82, 2.24) is 5.32 Å². The van der Waals surface area contributed by atoms with Gasteiger partial charge < -0.3 is 14.5 Å². The Morgan fingerprint density at radius 2 is 2.09 bits per heavy atom.